The van der Waals surface area contributed by atoms with Crippen LogP contribution in [0.25, 0.3) is 5.70 Å². The molecule has 0 unspecified atom stereocenters. The van der Waals surface area contributed by atoms with Crippen molar-refractivity contribution in [1.29, 1.82) is 0 Å². The summed E-state index contributed by atoms with van der Waals surface area (Å²) in [5, 5.41) is 0. The van der Waals surface area contributed by atoms with Crippen molar-refractivity contribution in [3.8, 4) is 0 Å². The normalized spacial score (nSPS) is 13.3. The SMILES string of the molecule is COCCCC(/C=C(\N)c1ccccn1)=C(\C)N. The molecule has 0 atom stereocenters. The van der Waals surface area contributed by atoms with E-state index >= 15 is 0 Å². The fourth-order valence-corrected chi connectivity index (χ4v) is 1.59. The lowest BCUT2D eigenvalue weighted by Gasteiger charge is -2.07. The topological polar surface area (TPSA) is 74.2 Å². The quantitative estimate of drug-likeness (QED) is 0.596. The van der Waals surface area contributed by atoms with E-state index in [-0.39, 0.29) is 0 Å². The van der Waals surface area contributed by atoms with E-state index in [4.69, 9.17) is 16.2 Å². The van der Waals surface area contributed by atoms with Crippen LogP contribution in [0, 0.1) is 0 Å². The standard InChI is InChI=1S/C14H21N3O/c1-11(15)12(6-5-9-18-2)10-13(16)14-7-3-4-8-17-14/h3-4,7-8,10H,5-6,9,15-16H2,1-2H3/b12-11-,13-10-. The second kappa shape index (κ2) is 7.50. The van der Waals surface area contributed by atoms with Crippen molar-refractivity contribution in [2.24, 2.45) is 11.5 Å². The molecule has 0 aliphatic rings. The van der Waals surface area contributed by atoms with Gasteiger partial charge in [0.1, 0.15) is 0 Å². The zero-order valence-corrected chi connectivity index (χ0v) is 11.0. The largest absolute Gasteiger partial charge is 0.402 e. The van der Waals surface area contributed by atoms with Gasteiger partial charge in [-0.2, -0.15) is 0 Å². The lowest BCUT2D eigenvalue weighted by Crippen LogP contribution is -2.03. The van der Waals surface area contributed by atoms with Crippen LogP contribution in [-0.4, -0.2) is 18.7 Å². The first-order valence-corrected chi connectivity index (χ1v) is 5.98. The molecule has 98 valence electrons. The van der Waals surface area contributed by atoms with E-state index in [2.05, 4.69) is 4.98 Å². The predicted molar refractivity (Wildman–Crippen MR) is 74.4 cm³/mol. The number of nitrogens with zero attached hydrogens (tertiary/aromatic N) is 1. The second-order valence-electron chi connectivity index (χ2n) is 4.12. The van der Waals surface area contributed by atoms with Crippen molar-refractivity contribution < 1.29 is 4.74 Å². The van der Waals surface area contributed by atoms with Gasteiger partial charge in [0, 0.05) is 25.6 Å². The van der Waals surface area contributed by atoms with Crippen LogP contribution in [0.4, 0.5) is 0 Å². The summed E-state index contributed by atoms with van der Waals surface area (Å²) >= 11 is 0. The van der Waals surface area contributed by atoms with E-state index in [1.54, 1.807) is 13.3 Å². The third kappa shape index (κ3) is 4.59. The van der Waals surface area contributed by atoms with Crippen LogP contribution in [0.1, 0.15) is 25.5 Å². The minimum atomic E-state index is 0.632. The molecule has 1 rings (SSSR count). The molecular weight excluding hydrogens is 226 g/mol. The average molecular weight is 247 g/mol. The highest BCUT2D eigenvalue weighted by atomic mass is 16.5. The Hall–Kier alpha value is -1.81. The lowest BCUT2D eigenvalue weighted by molar-refractivity contribution is 0.195. The van der Waals surface area contributed by atoms with Crippen LogP contribution < -0.4 is 11.5 Å². The molecule has 0 radical (unpaired) electrons. The molecule has 4 nitrogen and oxygen atoms in total. The molecule has 0 bridgehead atoms. The number of hydrogen-bond donors (Lipinski definition) is 2. The summed E-state index contributed by atoms with van der Waals surface area (Å²) in [6, 6.07) is 5.65. The number of ether oxygens (including phenoxy) is 1. The first-order chi connectivity index (χ1) is 8.65. The molecule has 1 aromatic rings. The Morgan fingerprint density at radius 2 is 2.17 bits per heavy atom. The highest BCUT2D eigenvalue weighted by molar-refractivity contribution is 5.62. The monoisotopic (exact) mass is 247 g/mol. The van der Waals surface area contributed by atoms with Gasteiger partial charge in [-0.3, -0.25) is 4.98 Å². The predicted octanol–water partition coefficient (Wildman–Crippen LogP) is 2.04. The smallest absolute Gasteiger partial charge is 0.0858 e. The highest BCUT2D eigenvalue weighted by Gasteiger charge is 2.02. The van der Waals surface area contributed by atoms with E-state index < -0.39 is 0 Å². The minimum absolute atomic E-state index is 0.632. The van der Waals surface area contributed by atoms with Crippen molar-refractivity contribution >= 4 is 5.70 Å². The maximum atomic E-state index is 6.02. The molecule has 0 spiro atoms. The fourth-order valence-electron chi connectivity index (χ4n) is 1.59. The van der Waals surface area contributed by atoms with Gasteiger partial charge >= 0.3 is 0 Å². The first-order valence-electron chi connectivity index (χ1n) is 5.98. The Bertz CT molecular complexity index is 420. The molecule has 0 saturated carbocycles. The number of rotatable bonds is 6. The summed E-state index contributed by atoms with van der Waals surface area (Å²) in [5.41, 5.74) is 15.1. The molecule has 0 saturated heterocycles. The van der Waals surface area contributed by atoms with Gasteiger partial charge in [0.05, 0.1) is 11.4 Å². The van der Waals surface area contributed by atoms with E-state index in [1.807, 2.05) is 31.2 Å². The van der Waals surface area contributed by atoms with Gasteiger partial charge in [-0.05, 0) is 43.5 Å². The Morgan fingerprint density at radius 1 is 1.39 bits per heavy atom. The van der Waals surface area contributed by atoms with Crippen LogP contribution in [-0.2, 0) is 4.74 Å². The summed E-state index contributed by atoms with van der Waals surface area (Å²) in [6.45, 7) is 2.60. The molecule has 1 heterocycles. The number of allylic oxidation sites excluding steroid dienone is 3. The number of aromatic nitrogens is 1. The van der Waals surface area contributed by atoms with Gasteiger partial charge in [-0.15, -0.1) is 0 Å². The summed E-state index contributed by atoms with van der Waals surface area (Å²) in [5.74, 6) is 0. The zero-order valence-electron chi connectivity index (χ0n) is 11.0. The van der Waals surface area contributed by atoms with Crippen LogP contribution >= 0.6 is 0 Å². The Balaban J connectivity index is 2.80. The number of nitrogens with two attached hydrogens (primary N) is 2. The lowest BCUT2D eigenvalue weighted by atomic mass is 10.1. The number of pyridine rings is 1. The van der Waals surface area contributed by atoms with E-state index in [0.29, 0.717) is 12.3 Å². The third-order valence-corrected chi connectivity index (χ3v) is 2.59. The van der Waals surface area contributed by atoms with Gasteiger partial charge in [0.15, 0.2) is 0 Å². The van der Waals surface area contributed by atoms with Crippen molar-refractivity contribution in [1.82, 2.24) is 4.98 Å². The molecule has 0 aliphatic carbocycles. The molecular formula is C14H21N3O. The van der Waals surface area contributed by atoms with Crippen molar-refractivity contribution in [2.45, 2.75) is 19.8 Å². The van der Waals surface area contributed by atoms with Gasteiger partial charge in [-0.1, -0.05) is 6.07 Å². The van der Waals surface area contributed by atoms with E-state index in [9.17, 15) is 0 Å². The summed E-state index contributed by atoms with van der Waals surface area (Å²) in [4.78, 5) is 4.21. The van der Waals surface area contributed by atoms with Crippen LogP contribution in [0.3, 0.4) is 0 Å². The Kier molecular flexibility index (Phi) is 5.94. The van der Waals surface area contributed by atoms with E-state index in [1.165, 1.54) is 0 Å². The fraction of sp³-hybridized carbons (Fsp3) is 0.357. The van der Waals surface area contributed by atoms with Gasteiger partial charge in [0.2, 0.25) is 0 Å². The molecule has 0 fully saturated rings. The van der Waals surface area contributed by atoms with Crippen molar-refractivity contribution in [3.63, 3.8) is 0 Å². The maximum absolute atomic E-state index is 6.02. The number of hydrogen-bond acceptors (Lipinski definition) is 4. The van der Waals surface area contributed by atoms with Crippen LogP contribution in [0.15, 0.2) is 41.7 Å². The van der Waals surface area contributed by atoms with Crippen LogP contribution in [0.5, 0.6) is 0 Å². The molecule has 1 aromatic heterocycles. The average Bonchev–Trinajstić information content (AvgIpc) is 2.38. The highest BCUT2D eigenvalue weighted by Crippen LogP contribution is 2.15. The molecule has 4 heteroatoms. The molecule has 18 heavy (non-hydrogen) atoms. The Labute approximate surface area is 108 Å². The first kappa shape index (κ1) is 14.3. The summed E-state index contributed by atoms with van der Waals surface area (Å²) in [6.07, 6.45) is 5.39. The molecule has 4 N–H and O–H groups in total. The van der Waals surface area contributed by atoms with E-state index in [0.717, 1.165) is 29.8 Å². The van der Waals surface area contributed by atoms with Gasteiger partial charge < -0.3 is 16.2 Å². The van der Waals surface area contributed by atoms with Crippen LogP contribution in [0.2, 0.25) is 0 Å². The third-order valence-electron chi connectivity index (χ3n) is 2.59. The minimum Gasteiger partial charge on any atom is -0.402 e. The Morgan fingerprint density at radius 3 is 2.72 bits per heavy atom. The summed E-state index contributed by atoms with van der Waals surface area (Å²) < 4.78 is 5.03. The second-order valence-corrected chi connectivity index (χ2v) is 4.12. The molecule has 0 aliphatic heterocycles. The van der Waals surface area contributed by atoms with Crippen molar-refractivity contribution in [2.75, 3.05) is 13.7 Å². The molecule has 0 aromatic carbocycles. The van der Waals surface area contributed by atoms with Gasteiger partial charge in [-0.25, -0.2) is 0 Å². The maximum Gasteiger partial charge on any atom is 0.0858 e. The molecule has 0 amide bonds. The zero-order chi connectivity index (χ0) is 13.4. The number of methoxy groups -OCH3 is 1. The summed E-state index contributed by atoms with van der Waals surface area (Å²) in [7, 11) is 1.69. The van der Waals surface area contributed by atoms with Gasteiger partial charge in [0.25, 0.3) is 0 Å². The van der Waals surface area contributed by atoms with Crippen molar-refractivity contribution in [3.05, 3.63) is 47.4 Å².